The number of para-hydroxylation sites is 2. The Morgan fingerprint density at radius 2 is 1.86 bits per heavy atom. The molecule has 0 saturated heterocycles. The first kappa shape index (κ1) is 15.8. The normalized spacial score (nSPS) is 10.2. The average Bonchev–Trinajstić information content (AvgIpc) is 2.45. The Morgan fingerprint density at radius 3 is 2.43 bits per heavy atom. The number of anilines is 1. The van der Waals surface area contributed by atoms with Crippen LogP contribution in [0.5, 0.6) is 5.75 Å². The largest absolute Gasteiger partial charge is 0.494 e. The van der Waals surface area contributed by atoms with Crippen molar-refractivity contribution in [1.29, 1.82) is 0 Å². The molecule has 7 heteroatoms. The molecule has 110 valence electrons. The van der Waals surface area contributed by atoms with E-state index in [0.29, 0.717) is 18.0 Å². The summed E-state index contributed by atoms with van der Waals surface area (Å²) in [6, 6.07) is 10.4. The second-order valence-corrected chi connectivity index (χ2v) is 5.93. The van der Waals surface area contributed by atoms with Crippen LogP contribution in [0.3, 0.4) is 0 Å². The number of hydrogen-bond acceptors (Lipinski definition) is 4. The molecule has 0 atom stereocenters. The van der Waals surface area contributed by atoms with E-state index in [4.69, 9.17) is 4.74 Å². The molecule has 5 nitrogen and oxygen atoms in total. The monoisotopic (exact) mass is 414 g/mol. The molecule has 0 amide bonds. The van der Waals surface area contributed by atoms with Gasteiger partial charge in [0.05, 0.1) is 21.0 Å². The molecule has 0 radical (unpaired) electrons. The Hall–Kier alpha value is -1.60. The number of nitro benzene ring substituents is 1. The zero-order chi connectivity index (χ0) is 15.4. The van der Waals surface area contributed by atoms with Crippen molar-refractivity contribution in [3.63, 3.8) is 0 Å². The minimum Gasteiger partial charge on any atom is -0.494 e. The molecule has 1 N–H and O–H groups in total. The highest BCUT2D eigenvalue weighted by atomic mass is 79.9. The first-order valence-corrected chi connectivity index (χ1v) is 7.60. The Morgan fingerprint density at radius 1 is 1.24 bits per heavy atom. The number of hydrogen-bond donors (Lipinski definition) is 1. The van der Waals surface area contributed by atoms with Gasteiger partial charge in [-0.1, -0.05) is 12.1 Å². The maximum absolute atomic E-state index is 11.0. The van der Waals surface area contributed by atoms with Crippen molar-refractivity contribution in [3.8, 4) is 5.75 Å². The highest BCUT2D eigenvalue weighted by Crippen LogP contribution is 2.34. The molecule has 2 rings (SSSR count). The first-order valence-electron chi connectivity index (χ1n) is 6.02. The second-order valence-electron chi connectivity index (χ2n) is 4.22. The Kier molecular flexibility index (Phi) is 5.19. The first-order chi connectivity index (χ1) is 10.0. The highest BCUT2D eigenvalue weighted by molar-refractivity contribution is 9.11. The number of methoxy groups -OCH3 is 1. The molecule has 0 heterocycles. The van der Waals surface area contributed by atoms with Gasteiger partial charge < -0.3 is 10.1 Å². The second kappa shape index (κ2) is 6.91. The van der Waals surface area contributed by atoms with E-state index in [1.54, 1.807) is 25.3 Å². The molecule has 0 aliphatic heterocycles. The summed E-state index contributed by atoms with van der Waals surface area (Å²) in [5, 5.41) is 14.0. The van der Waals surface area contributed by atoms with Crippen LogP contribution in [0.2, 0.25) is 0 Å². The molecule has 0 aromatic heterocycles. The molecule has 0 aliphatic carbocycles. The molecule has 0 bridgehead atoms. The van der Waals surface area contributed by atoms with Crippen LogP contribution in [0, 0.1) is 10.1 Å². The van der Waals surface area contributed by atoms with Gasteiger partial charge in [-0.3, -0.25) is 10.1 Å². The molecule has 0 aliphatic rings. The average molecular weight is 416 g/mol. The van der Waals surface area contributed by atoms with Gasteiger partial charge in [0.15, 0.2) is 0 Å². The molecule has 21 heavy (non-hydrogen) atoms. The number of rotatable bonds is 5. The summed E-state index contributed by atoms with van der Waals surface area (Å²) in [7, 11) is 1.59. The van der Waals surface area contributed by atoms with E-state index in [0.717, 1.165) is 14.5 Å². The van der Waals surface area contributed by atoms with E-state index in [1.165, 1.54) is 6.07 Å². The van der Waals surface area contributed by atoms with Gasteiger partial charge in [-0.2, -0.15) is 0 Å². The van der Waals surface area contributed by atoms with Gasteiger partial charge in [-0.05, 0) is 55.6 Å². The minimum atomic E-state index is -0.401. The summed E-state index contributed by atoms with van der Waals surface area (Å²) in [5.74, 6) is 0.712. The standard InChI is InChI=1S/C14H12Br2N2O3/c1-21-14-10(15)6-9(7-11(14)16)8-17-12-4-2-3-5-13(12)18(19)20/h2-7,17H,8H2,1H3. The van der Waals surface area contributed by atoms with Gasteiger partial charge >= 0.3 is 0 Å². The predicted molar refractivity (Wildman–Crippen MR) is 88.8 cm³/mol. The van der Waals surface area contributed by atoms with Crippen LogP contribution >= 0.6 is 31.9 Å². The van der Waals surface area contributed by atoms with E-state index in [2.05, 4.69) is 37.2 Å². The van der Waals surface area contributed by atoms with Crippen molar-refractivity contribution in [1.82, 2.24) is 0 Å². The van der Waals surface area contributed by atoms with Crippen LogP contribution in [-0.4, -0.2) is 12.0 Å². The van der Waals surface area contributed by atoms with Crippen LogP contribution in [0.1, 0.15) is 5.56 Å². The minimum absolute atomic E-state index is 0.0594. The lowest BCUT2D eigenvalue weighted by atomic mass is 10.2. The third kappa shape index (κ3) is 3.74. The van der Waals surface area contributed by atoms with E-state index in [9.17, 15) is 10.1 Å². The lowest BCUT2D eigenvalue weighted by Crippen LogP contribution is -2.03. The third-order valence-corrected chi connectivity index (χ3v) is 4.02. The molecule has 0 saturated carbocycles. The molecule has 2 aromatic carbocycles. The number of benzene rings is 2. The van der Waals surface area contributed by atoms with Gasteiger partial charge in [-0.25, -0.2) is 0 Å². The Bertz CT molecular complexity index is 654. The van der Waals surface area contributed by atoms with Crippen molar-refractivity contribution in [2.75, 3.05) is 12.4 Å². The maximum Gasteiger partial charge on any atom is 0.292 e. The summed E-state index contributed by atoms with van der Waals surface area (Å²) < 4.78 is 6.88. The van der Waals surface area contributed by atoms with E-state index >= 15 is 0 Å². The number of nitrogens with one attached hydrogen (secondary N) is 1. The van der Waals surface area contributed by atoms with Crippen molar-refractivity contribution in [3.05, 3.63) is 61.0 Å². The quantitative estimate of drug-likeness (QED) is 0.565. The summed E-state index contributed by atoms with van der Waals surface area (Å²) in [6.45, 7) is 0.464. The molecule has 2 aromatic rings. The van der Waals surface area contributed by atoms with Crippen LogP contribution in [0.4, 0.5) is 11.4 Å². The van der Waals surface area contributed by atoms with E-state index < -0.39 is 4.92 Å². The van der Waals surface area contributed by atoms with Crippen LogP contribution < -0.4 is 10.1 Å². The fraction of sp³-hybridized carbons (Fsp3) is 0.143. The smallest absolute Gasteiger partial charge is 0.292 e. The molecule has 0 fully saturated rings. The Balaban J connectivity index is 2.19. The van der Waals surface area contributed by atoms with Crippen molar-refractivity contribution in [2.24, 2.45) is 0 Å². The lowest BCUT2D eigenvalue weighted by molar-refractivity contribution is -0.384. The fourth-order valence-corrected chi connectivity index (χ4v) is 3.49. The number of nitrogens with zero attached hydrogens (tertiary/aromatic N) is 1. The summed E-state index contributed by atoms with van der Waals surface area (Å²) in [4.78, 5) is 10.6. The van der Waals surface area contributed by atoms with E-state index in [1.807, 2.05) is 12.1 Å². The van der Waals surface area contributed by atoms with Gasteiger partial charge in [0, 0.05) is 12.6 Å². The third-order valence-electron chi connectivity index (χ3n) is 2.85. The van der Waals surface area contributed by atoms with Crippen LogP contribution in [0.25, 0.3) is 0 Å². The molecular formula is C14H12Br2N2O3. The predicted octanol–water partition coefficient (Wildman–Crippen LogP) is 4.74. The topological polar surface area (TPSA) is 64.4 Å². The molecule has 0 unspecified atom stereocenters. The van der Waals surface area contributed by atoms with Gasteiger partial charge in [0.1, 0.15) is 11.4 Å². The van der Waals surface area contributed by atoms with Gasteiger partial charge in [0.25, 0.3) is 5.69 Å². The zero-order valence-electron chi connectivity index (χ0n) is 11.1. The van der Waals surface area contributed by atoms with Crippen molar-refractivity contribution >= 4 is 43.2 Å². The number of halogens is 2. The SMILES string of the molecule is COc1c(Br)cc(CNc2ccccc2[N+](=O)[O-])cc1Br. The fourth-order valence-electron chi connectivity index (χ4n) is 1.89. The Labute approximate surface area is 138 Å². The highest BCUT2D eigenvalue weighted by Gasteiger charge is 2.12. The summed E-state index contributed by atoms with van der Waals surface area (Å²) in [6.07, 6.45) is 0. The van der Waals surface area contributed by atoms with E-state index in [-0.39, 0.29) is 5.69 Å². The van der Waals surface area contributed by atoms with Gasteiger partial charge in [-0.15, -0.1) is 0 Å². The number of ether oxygens (including phenoxy) is 1. The van der Waals surface area contributed by atoms with Crippen molar-refractivity contribution < 1.29 is 9.66 Å². The zero-order valence-corrected chi connectivity index (χ0v) is 14.3. The maximum atomic E-state index is 11.0. The van der Waals surface area contributed by atoms with Crippen molar-refractivity contribution in [2.45, 2.75) is 6.54 Å². The summed E-state index contributed by atoms with van der Waals surface area (Å²) >= 11 is 6.86. The van der Waals surface area contributed by atoms with Crippen LogP contribution in [0.15, 0.2) is 45.3 Å². The lowest BCUT2D eigenvalue weighted by Gasteiger charge is -2.11. The molecule has 0 spiro atoms. The summed E-state index contributed by atoms with van der Waals surface area (Å²) in [5.41, 5.74) is 1.52. The number of nitro groups is 1. The van der Waals surface area contributed by atoms with Gasteiger partial charge in [0.2, 0.25) is 0 Å². The molecular weight excluding hydrogens is 404 g/mol. The van der Waals surface area contributed by atoms with Crippen LogP contribution in [-0.2, 0) is 6.54 Å².